The van der Waals surface area contributed by atoms with Crippen LogP contribution >= 0.6 is 15.9 Å². The van der Waals surface area contributed by atoms with E-state index in [1.165, 1.54) is 0 Å². The van der Waals surface area contributed by atoms with Crippen LogP contribution in [0.3, 0.4) is 0 Å². The normalized spacial score (nSPS) is 13.5. The average molecular weight is 384 g/mol. The van der Waals surface area contributed by atoms with E-state index in [1.807, 2.05) is 32.9 Å². The van der Waals surface area contributed by atoms with E-state index in [2.05, 4.69) is 26.6 Å². The molecule has 1 aliphatic rings. The highest BCUT2D eigenvalue weighted by Crippen LogP contribution is 2.31. The first-order chi connectivity index (χ1) is 10.7. The summed E-state index contributed by atoms with van der Waals surface area (Å²) in [5, 5.41) is 5.27. The van der Waals surface area contributed by atoms with Crippen molar-refractivity contribution in [1.29, 1.82) is 0 Å². The number of hydrogen-bond acceptors (Lipinski definition) is 3. The van der Waals surface area contributed by atoms with Crippen LogP contribution in [0, 0.1) is 0 Å². The minimum Gasteiger partial charge on any atom is -0.444 e. The summed E-state index contributed by atoms with van der Waals surface area (Å²) in [5.74, 6) is 0. The second-order valence-electron chi connectivity index (χ2n) is 6.48. The minimum atomic E-state index is -0.508. The topological polar surface area (TPSA) is 70.7 Å². The molecule has 1 aromatic rings. The lowest BCUT2D eigenvalue weighted by Crippen LogP contribution is -2.33. The van der Waals surface area contributed by atoms with Crippen LogP contribution in [0.1, 0.15) is 37.5 Å². The van der Waals surface area contributed by atoms with Gasteiger partial charge in [-0.15, -0.1) is 0 Å². The Morgan fingerprint density at radius 1 is 1.30 bits per heavy atom. The highest BCUT2D eigenvalue weighted by molar-refractivity contribution is 9.10. The van der Waals surface area contributed by atoms with Gasteiger partial charge in [0.05, 0.1) is 6.54 Å². The second-order valence-corrected chi connectivity index (χ2v) is 7.34. The number of rotatable bonds is 2. The number of ether oxygens (including phenoxy) is 1. The van der Waals surface area contributed by atoms with Crippen LogP contribution < -0.4 is 10.6 Å². The largest absolute Gasteiger partial charge is 0.444 e. The lowest BCUT2D eigenvalue weighted by atomic mass is 10.1. The van der Waals surface area contributed by atoms with Crippen molar-refractivity contribution in [2.24, 2.45) is 0 Å². The number of fused-ring (bicyclic) bond motifs is 1. The van der Waals surface area contributed by atoms with Crippen LogP contribution in [-0.2, 0) is 24.4 Å². The average Bonchev–Trinajstić information content (AvgIpc) is 2.87. The number of hydrogen-bond donors (Lipinski definition) is 2. The van der Waals surface area contributed by atoms with Gasteiger partial charge in [-0.25, -0.2) is 9.59 Å². The maximum Gasteiger partial charge on any atom is 0.410 e. The molecule has 6 nitrogen and oxygen atoms in total. The summed E-state index contributed by atoms with van der Waals surface area (Å²) in [4.78, 5) is 25.2. The maximum atomic E-state index is 12.2. The van der Waals surface area contributed by atoms with Crippen LogP contribution in [0.25, 0.3) is 0 Å². The van der Waals surface area contributed by atoms with Crippen molar-refractivity contribution >= 4 is 28.1 Å². The number of carbonyl (C=O) groups excluding carboxylic acids is 2. The SMILES string of the molecule is CNC(=O)NCc1cc(Br)c2c(c1)CN(C(=O)OC(C)(C)C)C2. The number of nitrogens with zero attached hydrogens (tertiary/aromatic N) is 1. The van der Waals surface area contributed by atoms with E-state index in [-0.39, 0.29) is 12.1 Å². The summed E-state index contributed by atoms with van der Waals surface area (Å²) in [7, 11) is 1.58. The Morgan fingerprint density at radius 2 is 2.00 bits per heavy atom. The molecular weight excluding hydrogens is 362 g/mol. The number of benzene rings is 1. The van der Waals surface area contributed by atoms with Gasteiger partial charge in [0.1, 0.15) is 5.60 Å². The van der Waals surface area contributed by atoms with Crippen LogP contribution in [-0.4, -0.2) is 29.7 Å². The number of carbonyl (C=O) groups is 2. The van der Waals surface area contributed by atoms with Crippen LogP contribution in [0.2, 0.25) is 0 Å². The van der Waals surface area contributed by atoms with Crippen molar-refractivity contribution in [2.75, 3.05) is 7.05 Å². The van der Waals surface area contributed by atoms with Gasteiger partial charge in [0.15, 0.2) is 0 Å². The predicted molar refractivity (Wildman–Crippen MR) is 90.9 cm³/mol. The highest BCUT2D eigenvalue weighted by Gasteiger charge is 2.29. The molecule has 1 aliphatic heterocycles. The van der Waals surface area contributed by atoms with Gasteiger partial charge >= 0.3 is 12.1 Å². The third-order valence-corrected chi connectivity index (χ3v) is 4.10. The molecule has 7 heteroatoms. The van der Waals surface area contributed by atoms with E-state index < -0.39 is 5.60 Å². The molecule has 0 saturated carbocycles. The Labute approximate surface area is 144 Å². The van der Waals surface area contributed by atoms with E-state index >= 15 is 0 Å². The molecule has 2 N–H and O–H groups in total. The van der Waals surface area contributed by atoms with Gasteiger partial charge in [-0.1, -0.05) is 22.0 Å². The van der Waals surface area contributed by atoms with Gasteiger partial charge in [0.2, 0.25) is 0 Å². The van der Waals surface area contributed by atoms with Crippen molar-refractivity contribution in [3.05, 3.63) is 33.3 Å². The molecule has 2 rings (SSSR count). The molecule has 0 spiro atoms. The molecule has 0 bridgehead atoms. The van der Waals surface area contributed by atoms with Gasteiger partial charge in [-0.3, -0.25) is 4.90 Å². The molecule has 0 fully saturated rings. The molecule has 0 saturated heterocycles. The molecule has 3 amide bonds. The van der Waals surface area contributed by atoms with Crippen molar-refractivity contribution in [2.45, 2.75) is 46.0 Å². The van der Waals surface area contributed by atoms with Crippen LogP contribution in [0.5, 0.6) is 0 Å². The van der Waals surface area contributed by atoms with E-state index in [1.54, 1.807) is 11.9 Å². The third-order valence-electron chi connectivity index (χ3n) is 3.39. The summed E-state index contributed by atoms with van der Waals surface area (Å²) in [5.41, 5.74) is 2.62. The molecule has 0 aromatic heterocycles. The van der Waals surface area contributed by atoms with E-state index in [9.17, 15) is 9.59 Å². The molecule has 0 aliphatic carbocycles. The molecular formula is C16H22BrN3O3. The second kappa shape index (κ2) is 6.78. The fourth-order valence-corrected chi connectivity index (χ4v) is 3.03. The molecule has 1 heterocycles. The zero-order valence-corrected chi connectivity index (χ0v) is 15.4. The Hall–Kier alpha value is -1.76. The third kappa shape index (κ3) is 4.60. The summed E-state index contributed by atoms with van der Waals surface area (Å²) in [6, 6.07) is 3.75. The summed E-state index contributed by atoms with van der Waals surface area (Å²) >= 11 is 3.55. The fraction of sp³-hybridized carbons (Fsp3) is 0.500. The minimum absolute atomic E-state index is 0.225. The highest BCUT2D eigenvalue weighted by atomic mass is 79.9. The molecule has 1 aromatic carbocycles. The Kier molecular flexibility index (Phi) is 5.19. The Balaban J connectivity index is 2.09. The first-order valence-electron chi connectivity index (χ1n) is 7.43. The van der Waals surface area contributed by atoms with Gasteiger partial charge in [-0.2, -0.15) is 0 Å². The van der Waals surface area contributed by atoms with E-state index in [4.69, 9.17) is 4.74 Å². The number of nitrogens with one attached hydrogen (secondary N) is 2. The Bertz CT molecular complexity index is 626. The molecule has 0 unspecified atom stereocenters. The van der Waals surface area contributed by atoms with Gasteiger partial charge in [0, 0.05) is 24.6 Å². The van der Waals surface area contributed by atoms with Crippen LogP contribution in [0.4, 0.5) is 9.59 Å². The smallest absolute Gasteiger partial charge is 0.410 e. The van der Waals surface area contributed by atoms with Gasteiger partial charge in [-0.05, 0) is 43.5 Å². The quantitative estimate of drug-likeness (QED) is 0.823. The molecule has 23 heavy (non-hydrogen) atoms. The molecule has 0 atom stereocenters. The number of amides is 3. The van der Waals surface area contributed by atoms with Crippen molar-refractivity contribution < 1.29 is 14.3 Å². The zero-order valence-electron chi connectivity index (χ0n) is 13.8. The summed E-state index contributed by atoms with van der Waals surface area (Å²) in [6.07, 6.45) is -0.314. The summed E-state index contributed by atoms with van der Waals surface area (Å²) < 4.78 is 6.36. The van der Waals surface area contributed by atoms with Crippen molar-refractivity contribution in [1.82, 2.24) is 15.5 Å². The first-order valence-corrected chi connectivity index (χ1v) is 8.22. The Morgan fingerprint density at radius 3 is 2.61 bits per heavy atom. The lowest BCUT2D eigenvalue weighted by molar-refractivity contribution is 0.0241. The zero-order chi connectivity index (χ0) is 17.2. The van der Waals surface area contributed by atoms with Crippen LogP contribution in [0.15, 0.2) is 16.6 Å². The maximum absolute atomic E-state index is 12.2. The number of halogens is 1. The van der Waals surface area contributed by atoms with Crippen molar-refractivity contribution in [3.8, 4) is 0 Å². The van der Waals surface area contributed by atoms with E-state index in [0.29, 0.717) is 19.6 Å². The van der Waals surface area contributed by atoms with E-state index in [0.717, 1.165) is 21.2 Å². The standard InChI is InChI=1S/C16H22BrN3O3/c1-16(2,3)23-15(22)20-8-11-5-10(7-19-14(21)18-4)6-13(17)12(11)9-20/h5-6H,7-9H2,1-4H3,(H2,18,19,21). The van der Waals surface area contributed by atoms with Gasteiger partial charge < -0.3 is 15.4 Å². The fourth-order valence-electron chi connectivity index (χ4n) is 2.35. The number of urea groups is 1. The lowest BCUT2D eigenvalue weighted by Gasteiger charge is -2.24. The summed E-state index contributed by atoms with van der Waals surface area (Å²) in [6.45, 7) is 7.02. The molecule has 0 radical (unpaired) electrons. The van der Waals surface area contributed by atoms with Gasteiger partial charge in [0.25, 0.3) is 0 Å². The first kappa shape index (κ1) is 17.6. The monoisotopic (exact) mass is 383 g/mol. The predicted octanol–water partition coefficient (Wildman–Crippen LogP) is 3.13. The molecule has 126 valence electrons. The van der Waals surface area contributed by atoms with Crippen molar-refractivity contribution in [3.63, 3.8) is 0 Å².